The summed E-state index contributed by atoms with van der Waals surface area (Å²) in [6, 6.07) is 5.13. The molecule has 8 nitrogen and oxygen atoms in total. The van der Waals surface area contributed by atoms with Gasteiger partial charge in [-0.15, -0.1) is 0 Å². The summed E-state index contributed by atoms with van der Waals surface area (Å²) in [5.41, 5.74) is 5.37. The quantitative estimate of drug-likeness (QED) is 0.360. The molecule has 3 aromatic heterocycles. The minimum Gasteiger partial charge on any atom is -0.320 e. The minimum atomic E-state index is -4.60. The first kappa shape index (κ1) is 25.6. The molecule has 198 valence electrons. The van der Waals surface area contributed by atoms with Crippen LogP contribution in [0.3, 0.4) is 0 Å². The van der Waals surface area contributed by atoms with Crippen molar-refractivity contribution in [3.63, 3.8) is 0 Å². The van der Waals surface area contributed by atoms with Crippen LogP contribution in [0, 0.1) is 11.6 Å². The van der Waals surface area contributed by atoms with E-state index in [-0.39, 0.29) is 47.0 Å². The van der Waals surface area contributed by atoms with Gasteiger partial charge in [-0.25, -0.2) is 28.4 Å². The summed E-state index contributed by atoms with van der Waals surface area (Å²) in [5.74, 6) is -1.47. The highest BCUT2D eigenvalue weighted by Gasteiger charge is 2.43. The number of hydrogen-bond donors (Lipinski definition) is 2. The molecule has 1 atom stereocenters. The van der Waals surface area contributed by atoms with E-state index in [1.54, 1.807) is 32.0 Å². The van der Waals surface area contributed by atoms with E-state index in [1.807, 2.05) is 0 Å². The van der Waals surface area contributed by atoms with Crippen LogP contribution in [0.5, 0.6) is 0 Å². The van der Waals surface area contributed by atoms with Crippen LogP contribution in [0.2, 0.25) is 0 Å². The number of halogens is 5. The lowest BCUT2D eigenvalue weighted by atomic mass is 9.84. The molecule has 1 aliphatic rings. The maximum absolute atomic E-state index is 14.3. The van der Waals surface area contributed by atoms with E-state index in [0.29, 0.717) is 11.1 Å². The van der Waals surface area contributed by atoms with Crippen molar-refractivity contribution in [2.24, 2.45) is 5.73 Å². The monoisotopic (exact) mass is 531 g/mol. The van der Waals surface area contributed by atoms with Crippen LogP contribution >= 0.6 is 0 Å². The van der Waals surface area contributed by atoms with Gasteiger partial charge < -0.3 is 11.1 Å². The lowest BCUT2D eigenvalue weighted by Crippen LogP contribution is -2.37. The summed E-state index contributed by atoms with van der Waals surface area (Å²) in [4.78, 5) is 25.7. The smallest absolute Gasteiger partial charge is 0.320 e. The molecule has 4 heterocycles. The van der Waals surface area contributed by atoms with Crippen LogP contribution < -0.4 is 11.1 Å². The van der Waals surface area contributed by atoms with Gasteiger partial charge in [0.1, 0.15) is 29.2 Å². The average Bonchev–Trinajstić information content (AvgIpc) is 3.31. The Morgan fingerprint density at radius 1 is 1.16 bits per heavy atom. The summed E-state index contributed by atoms with van der Waals surface area (Å²) in [5, 5.41) is 7.34. The second-order valence-electron chi connectivity index (χ2n) is 9.61. The summed E-state index contributed by atoms with van der Waals surface area (Å²) in [7, 11) is 0. The van der Waals surface area contributed by atoms with Gasteiger partial charge in [0.15, 0.2) is 11.5 Å². The maximum atomic E-state index is 14.3. The Hall–Kier alpha value is -4.00. The highest BCUT2D eigenvalue weighted by atomic mass is 19.4. The summed E-state index contributed by atoms with van der Waals surface area (Å²) >= 11 is 0. The van der Waals surface area contributed by atoms with E-state index in [0.717, 1.165) is 6.20 Å². The maximum Gasteiger partial charge on any atom is 0.403 e. The fraction of sp³-hybridized carbons (Fsp3) is 0.320. The fourth-order valence-corrected chi connectivity index (χ4v) is 4.47. The van der Waals surface area contributed by atoms with Crippen molar-refractivity contribution < 1.29 is 26.7 Å². The number of nitrogens with two attached hydrogens (primary N) is 1. The SMILES string of the molecule is CC1(C)C(=O)Nc2nc(-c3nn(Cc4ccccc4F)c4ncc(F)cc34)nc(CCC(N)C(F)(F)F)c21. The van der Waals surface area contributed by atoms with Gasteiger partial charge in [-0.3, -0.25) is 4.79 Å². The lowest BCUT2D eigenvalue weighted by Gasteiger charge is -2.20. The van der Waals surface area contributed by atoms with E-state index in [4.69, 9.17) is 5.73 Å². The number of amides is 1. The summed E-state index contributed by atoms with van der Waals surface area (Å²) < 4.78 is 69.2. The number of anilines is 1. The normalized spacial score (nSPS) is 15.5. The number of aromatic nitrogens is 5. The van der Waals surface area contributed by atoms with E-state index >= 15 is 0 Å². The molecule has 0 spiro atoms. The molecule has 0 saturated heterocycles. The third kappa shape index (κ3) is 4.46. The van der Waals surface area contributed by atoms with E-state index in [9.17, 15) is 26.7 Å². The number of benzene rings is 1. The summed E-state index contributed by atoms with van der Waals surface area (Å²) in [6.07, 6.45) is -4.29. The molecule has 3 N–H and O–H groups in total. The van der Waals surface area contributed by atoms with E-state index in [2.05, 4.69) is 25.4 Å². The number of nitrogens with zero attached hydrogens (tertiary/aromatic N) is 5. The number of aryl methyl sites for hydroxylation is 1. The van der Waals surface area contributed by atoms with Crippen molar-refractivity contribution in [1.29, 1.82) is 0 Å². The van der Waals surface area contributed by atoms with Crippen LogP contribution in [0.15, 0.2) is 36.5 Å². The number of alkyl halides is 3. The molecule has 1 unspecified atom stereocenters. The molecule has 0 saturated carbocycles. The highest BCUT2D eigenvalue weighted by Crippen LogP contribution is 2.40. The average molecular weight is 531 g/mol. The molecule has 0 radical (unpaired) electrons. The van der Waals surface area contributed by atoms with Gasteiger partial charge in [-0.2, -0.15) is 18.3 Å². The Kier molecular flexibility index (Phi) is 6.13. The molecule has 1 aromatic carbocycles. The van der Waals surface area contributed by atoms with Crippen molar-refractivity contribution in [3.8, 4) is 11.5 Å². The first-order valence-electron chi connectivity index (χ1n) is 11.7. The van der Waals surface area contributed by atoms with Crippen molar-refractivity contribution in [1.82, 2.24) is 24.7 Å². The van der Waals surface area contributed by atoms with E-state index in [1.165, 1.54) is 16.8 Å². The number of nitrogens with one attached hydrogen (secondary N) is 1. The largest absolute Gasteiger partial charge is 0.403 e. The molecule has 0 aliphatic carbocycles. The topological polar surface area (TPSA) is 112 Å². The number of rotatable bonds is 6. The molecule has 13 heteroatoms. The van der Waals surface area contributed by atoms with Gasteiger partial charge in [0.05, 0.1) is 29.2 Å². The number of fused-ring (bicyclic) bond motifs is 2. The van der Waals surface area contributed by atoms with Gasteiger partial charge in [0.2, 0.25) is 5.91 Å². The van der Waals surface area contributed by atoms with Crippen LogP contribution in [0.4, 0.5) is 27.8 Å². The Balaban J connectivity index is 1.65. The third-order valence-electron chi connectivity index (χ3n) is 6.56. The van der Waals surface area contributed by atoms with Crippen LogP contribution in [-0.2, 0) is 23.2 Å². The van der Waals surface area contributed by atoms with Crippen molar-refractivity contribution >= 4 is 22.8 Å². The molecule has 4 aromatic rings. The first-order valence-corrected chi connectivity index (χ1v) is 11.7. The molecular formula is C25H22F5N7O. The predicted octanol–water partition coefficient (Wildman–Crippen LogP) is 4.27. The Morgan fingerprint density at radius 2 is 1.89 bits per heavy atom. The Labute approximate surface area is 213 Å². The second kappa shape index (κ2) is 9.08. The van der Waals surface area contributed by atoms with Crippen LogP contribution in [0.25, 0.3) is 22.6 Å². The third-order valence-corrected chi connectivity index (χ3v) is 6.56. The van der Waals surface area contributed by atoms with Gasteiger partial charge in [0, 0.05) is 11.1 Å². The zero-order chi connectivity index (χ0) is 27.4. The minimum absolute atomic E-state index is 0.0379. The molecule has 1 aliphatic heterocycles. The van der Waals surface area contributed by atoms with E-state index < -0.39 is 41.6 Å². The zero-order valence-corrected chi connectivity index (χ0v) is 20.3. The molecule has 38 heavy (non-hydrogen) atoms. The van der Waals surface area contributed by atoms with Gasteiger partial charge in [0.25, 0.3) is 0 Å². The van der Waals surface area contributed by atoms with Gasteiger partial charge in [-0.1, -0.05) is 18.2 Å². The molecular weight excluding hydrogens is 509 g/mol. The number of carbonyl (C=O) groups is 1. The van der Waals surface area contributed by atoms with Crippen molar-refractivity contribution in [2.75, 3.05) is 5.32 Å². The number of carbonyl (C=O) groups excluding carboxylic acids is 1. The summed E-state index contributed by atoms with van der Waals surface area (Å²) in [6.45, 7) is 3.19. The molecule has 0 fully saturated rings. The number of hydrogen-bond acceptors (Lipinski definition) is 6. The Morgan fingerprint density at radius 3 is 2.61 bits per heavy atom. The lowest BCUT2D eigenvalue weighted by molar-refractivity contribution is -0.148. The van der Waals surface area contributed by atoms with Crippen molar-refractivity contribution in [2.45, 2.75) is 50.9 Å². The standard InChI is InChI=1S/C25H22F5N7O/c1-24(2)18-16(7-8-17(31)25(28,29)30)33-21(34-20(18)35-23(24)38)19-14-9-13(26)10-32-22(14)37(36-19)11-12-5-3-4-6-15(12)27/h3-6,9-10,17H,7-8,11,31H2,1-2H3,(H,33,34,35,38). The fourth-order valence-electron chi connectivity index (χ4n) is 4.47. The molecule has 0 bridgehead atoms. The number of pyridine rings is 1. The van der Waals surface area contributed by atoms with Crippen LogP contribution in [0.1, 0.15) is 37.1 Å². The molecule has 5 rings (SSSR count). The van der Waals surface area contributed by atoms with Gasteiger partial charge >= 0.3 is 6.18 Å². The Bertz CT molecular complexity index is 1560. The van der Waals surface area contributed by atoms with Crippen molar-refractivity contribution in [3.05, 3.63) is 65.0 Å². The first-order chi connectivity index (χ1) is 17.9. The van der Waals surface area contributed by atoms with Crippen LogP contribution in [-0.4, -0.2) is 42.9 Å². The highest BCUT2D eigenvalue weighted by molar-refractivity contribution is 6.05. The second-order valence-corrected chi connectivity index (χ2v) is 9.61. The molecule has 1 amide bonds. The predicted molar refractivity (Wildman–Crippen MR) is 128 cm³/mol. The van der Waals surface area contributed by atoms with Gasteiger partial charge in [-0.05, 0) is 38.8 Å². The zero-order valence-electron chi connectivity index (χ0n) is 20.3.